The fourth-order valence-electron chi connectivity index (χ4n) is 2.59. The van der Waals surface area contributed by atoms with Crippen LogP contribution in [-0.4, -0.2) is 13.0 Å². The van der Waals surface area contributed by atoms with Gasteiger partial charge in [0, 0.05) is 18.1 Å². The molecule has 128 valence electrons. The molecule has 0 aliphatic heterocycles. The molecule has 0 aliphatic rings. The lowest BCUT2D eigenvalue weighted by Crippen LogP contribution is -2.35. The highest BCUT2D eigenvalue weighted by atomic mass is 32.1. The van der Waals surface area contributed by atoms with Gasteiger partial charge in [0.1, 0.15) is 5.75 Å². The van der Waals surface area contributed by atoms with E-state index in [2.05, 4.69) is 29.2 Å². The van der Waals surface area contributed by atoms with Crippen LogP contribution in [0.4, 0.5) is 5.69 Å². The molecule has 0 unspecified atom stereocenters. The van der Waals surface area contributed by atoms with Gasteiger partial charge >= 0.3 is 0 Å². The number of hydrogen-bond donors (Lipinski definition) is 1. The Balaban J connectivity index is 1.83. The fraction of sp³-hybridized carbons (Fsp3) is 0.200. The molecule has 0 aliphatic carbocycles. The van der Waals surface area contributed by atoms with Crippen LogP contribution in [0.5, 0.6) is 5.75 Å². The zero-order valence-electron chi connectivity index (χ0n) is 14.6. The van der Waals surface area contributed by atoms with E-state index >= 15 is 0 Å². The van der Waals surface area contributed by atoms with Crippen LogP contribution in [-0.2, 0) is 6.54 Å². The van der Waals surface area contributed by atoms with E-state index in [0.29, 0.717) is 11.3 Å². The second-order valence-corrected chi connectivity index (χ2v) is 6.89. The molecule has 3 aromatic rings. The monoisotopic (exact) mass is 353 g/mol. The van der Waals surface area contributed by atoms with Crippen LogP contribution < -0.4 is 14.6 Å². The third-order valence-corrected chi connectivity index (χ3v) is 5.24. The minimum atomic E-state index is -0.144. The van der Waals surface area contributed by atoms with Gasteiger partial charge in [-0.1, -0.05) is 35.6 Å². The lowest BCUT2D eigenvalue weighted by molar-refractivity contribution is -0.689. The summed E-state index contributed by atoms with van der Waals surface area (Å²) in [6.45, 7) is 4.96. The topological polar surface area (TPSA) is 42.2 Å². The number of methoxy groups -OCH3 is 1. The molecule has 0 saturated heterocycles. The Morgan fingerprint density at radius 1 is 1.16 bits per heavy atom. The Morgan fingerprint density at radius 2 is 1.96 bits per heavy atom. The Labute approximate surface area is 151 Å². The minimum Gasteiger partial charge on any atom is -0.497 e. The first kappa shape index (κ1) is 17.2. The number of benzene rings is 2. The highest BCUT2D eigenvalue weighted by molar-refractivity contribution is 7.09. The number of thiazole rings is 1. The van der Waals surface area contributed by atoms with Crippen molar-refractivity contribution in [2.45, 2.75) is 20.4 Å². The van der Waals surface area contributed by atoms with Gasteiger partial charge in [0.2, 0.25) is 5.51 Å². The molecule has 0 saturated carbocycles. The maximum Gasteiger partial charge on any atom is 0.255 e. The zero-order chi connectivity index (χ0) is 17.8. The van der Waals surface area contributed by atoms with Crippen molar-refractivity contribution in [2.75, 3.05) is 12.4 Å². The van der Waals surface area contributed by atoms with Crippen molar-refractivity contribution in [1.82, 2.24) is 0 Å². The summed E-state index contributed by atoms with van der Waals surface area (Å²) < 4.78 is 7.40. The van der Waals surface area contributed by atoms with Crippen LogP contribution in [0.2, 0.25) is 0 Å². The lowest BCUT2D eigenvalue weighted by Gasteiger charge is -2.10. The number of aryl methyl sites for hydroxylation is 1. The van der Waals surface area contributed by atoms with E-state index in [4.69, 9.17) is 4.74 Å². The Hall–Kier alpha value is -2.66. The third-order valence-electron chi connectivity index (χ3n) is 4.24. The first-order chi connectivity index (χ1) is 12.1. The number of anilines is 1. The van der Waals surface area contributed by atoms with Crippen molar-refractivity contribution >= 4 is 22.9 Å². The van der Waals surface area contributed by atoms with Gasteiger partial charge in [-0.3, -0.25) is 4.79 Å². The quantitative estimate of drug-likeness (QED) is 0.706. The molecule has 1 aromatic heterocycles. The molecule has 0 bridgehead atoms. The number of hydrogen-bond acceptors (Lipinski definition) is 3. The van der Waals surface area contributed by atoms with Crippen LogP contribution in [0.3, 0.4) is 0 Å². The Kier molecular flexibility index (Phi) is 5.14. The van der Waals surface area contributed by atoms with Crippen LogP contribution in [0.1, 0.15) is 26.5 Å². The summed E-state index contributed by atoms with van der Waals surface area (Å²) in [6.07, 6.45) is 0. The van der Waals surface area contributed by atoms with Crippen LogP contribution in [0, 0.1) is 13.8 Å². The molecule has 0 radical (unpaired) electrons. The first-order valence-corrected chi connectivity index (χ1v) is 8.94. The number of nitrogens with zero attached hydrogens (tertiary/aromatic N) is 1. The molecule has 1 amide bonds. The predicted octanol–water partition coefficient (Wildman–Crippen LogP) is 3.96. The molecular weight excluding hydrogens is 332 g/mol. The van der Waals surface area contributed by atoms with Crippen molar-refractivity contribution in [3.05, 3.63) is 75.7 Å². The summed E-state index contributed by atoms with van der Waals surface area (Å²) in [6, 6.07) is 15.0. The van der Waals surface area contributed by atoms with E-state index < -0.39 is 0 Å². The average molecular weight is 353 g/mol. The summed E-state index contributed by atoms with van der Waals surface area (Å²) in [5, 5.41) is 3.02. The zero-order valence-corrected chi connectivity index (χ0v) is 15.4. The number of rotatable bonds is 5. The highest BCUT2D eigenvalue weighted by Gasteiger charge is 2.16. The normalized spacial score (nSPS) is 10.5. The van der Waals surface area contributed by atoms with Crippen LogP contribution in [0.15, 0.2) is 54.0 Å². The number of nitrogens with one attached hydrogen (secondary N) is 1. The molecule has 1 heterocycles. The van der Waals surface area contributed by atoms with Gasteiger partial charge in [-0.15, -0.1) is 0 Å². The highest BCUT2D eigenvalue weighted by Crippen LogP contribution is 2.19. The first-order valence-electron chi connectivity index (χ1n) is 8.06. The van der Waals surface area contributed by atoms with Crippen LogP contribution in [0.25, 0.3) is 0 Å². The number of carbonyl (C=O) groups is 1. The van der Waals surface area contributed by atoms with E-state index in [1.54, 1.807) is 30.6 Å². The van der Waals surface area contributed by atoms with Gasteiger partial charge in [0.15, 0.2) is 12.2 Å². The molecule has 2 aromatic carbocycles. The molecule has 4 nitrogen and oxygen atoms in total. The predicted molar refractivity (Wildman–Crippen MR) is 100 cm³/mol. The standard InChI is InChI=1S/C20H20N2O2S/c1-14-15(2)25-13-22(14)12-17-7-4-5-10-19(17)21-20(23)16-8-6-9-18(11-16)24-3/h4-11,13H,12H2,1-3H3/p+1. The molecule has 5 heteroatoms. The van der Waals surface area contributed by atoms with Crippen molar-refractivity contribution in [1.29, 1.82) is 0 Å². The summed E-state index contributed by atoms with van der Waals surface area (Å²) >= 11 is 1.73. The number of aromatic nitrogens is 1. The number of amides is 1. The summed E-state index contributed by atoms with van der Waals surface area (Å²) in [5.74, 6) is 0.524. The van der Waals surface area contributed by atoms with Gasteiger partial charge in [-0.2, -0.15) is 4.57 Å². The fourth-order valence-corrected chi connectivity index (χ4v) is 3.39. The van der Waals surface area contributed by atoms with E-state index in [9.17, 15) is 4.79 Å². The third kappa shape index (κ3) is 3.88. The van der Waals surface area contributed by atoms with Crippen molar-refractivity contribution in [2.24, 2.45) is 0 Å². The van der Waals surface area contributed by atoms with Gasteiger partial charge < -0.3 is 10.1 Å². The van der Waals surface area contributed by atoms with E-state index in [0.717, 1.165) is 17.8 Å². The Morgan fingerprint density at radius 3 is 2.68 bits per heavy atom. The molecule has 0 spiro atoms. The van der Waals surface area contributed by atoms with Gasteiger partial charge in [0.05, 0.1) is 17.7 Å². The molecule has 25 heavy (non-hydrogen) atoms. The number of carbonyl (C=O) groups excluding carboxylic acids is 1. The SMILES string of the molecule is COc1cccc(C(=O)Nc2ccccc2C[n+]2csc(C)c2C)c1. The Bertz CT molecular complexity index is 902. The molecular formula is C20H21N2O2S+. The van der Waals surface area contributed by atoms with Crippen LogP contribution >= 0.6 is 11.3 Å². The molecule has 1 N–H and O–H groups in total. The second-order valence-electron chi connectivity index (χ2n) is 5.84. The largest absolute Gasteiger partial charge is 0.497 e. The van der Waals surface area contributed by atoms with E-state index in [-0.39, 0.29) is 5.91 Å². The average Bonchev–Trinajstić information content (AvgIpc) is 2.95. The van der Waals surface area contributed by atoms with Gasteiger partial charge in [-0.25, -0.2) is 0 Å². The minimum absolute atomic E-state index is 0.144. The number of ether oxygens (including phenoxy) is 1. The lowest BCUT2D eigenvalue weighted by atomic mass is 10.1. The van der Waals surface area contributed by atoms with Crippen molar-refractivity contribution in [3.63, 3.8) is 0 Å². The second kappa shape index (κ2) is 7.49. The molecule has 3 rings (SSSR count). The molecule has 0 fully saturated rings. The van der Waals surface area contributed by atoms with Gasteiger partial charge in [-0.05, 0) is 31.2 Å². The number of para-hydroxylation sites is 1. The summed E-state index contributed by atoms with van der Waals surface area (Å²) in [7, 11) is 1.59. The van der Waals surface area contributed by atoms with E-state index in [1.165, 1.54) is 10.6 Å². The van der Waals surface area contributed by atoms with Crippen molar-refractivity contribution < 1.29 is 14.1 Å². The summed E-state index contributed by atoms with van der Waals surface area (Å²) in [4.78, 5) is 13.9. The maximum absolute atomic E-state index is 12.6. The maximum atomic E-state index is 12.6. The molecule has 0 atom stereocenters. The smallest absolute Gasteiger partial charge is 0.255 e. The van der Waals surface area contributed by atoms with Crippen molar-refractivity contribution in [3.8, 4) is 5.75 Å². The van der Waals surface area contributed by atoms with Gasteiger partial charge in [0.25, 0.3) is 5.91 Å². The summed E-state index contributed by atoms with van der Waals surface area (Å²) in [5.41, 5.74) is 5.84. The van der Waals surface area contributed by atoms with E-state index in [1.807, 2.05) is 36.4 Å².